The molecule has 3 heterocycles. The average Bonchev–Trinajstić information content (AvgIpc) is 3.50. The Morgan fingerprint density at radius 1 is 1.16 bits per heavy atom. The van der Waals surface area contributed by atoms with Gasteiger partial charge in [-0.05, 0) is 45.2 Å². The van der Waals surface area contributed by atoms with Gasteiger partial charge < -0.3 is 20.4 Å². The van der Waals surface area contributed by atoms with Crippen LogP contribution in [0, 0.1) is 6.92 Å². The Balaban J connectivity index is 0.00000272. The van der Waals surface area contributed by atoms with E-state index in [0.29, 0.717) is 6.04 Å². The highest BCUT2D eigenvalue weighted by Gasteiger charge is 2.23. The van der Waals surface area contributed by atoms with Crippen LogP contribution in [0.5, 0.6) is 0 Å². The van der Waals surface area contributed by atoms with E-state index in [1.807, 2.05) is 0 Å². The van der Waals surface area contributed by atoms with Gasteiger partial charge in [0, 0.05) is 62.8 Å². The molecule has 31 heavy (non-hydrogen) atoms. The van der Waals surface area contributed by atoms with Crippen LogP contribution in [0.4, 0.5) is 10.8 Å². The van der Waals surface area contributed by atoms with Crippen molar-refractivity contribution in [3.8, 4) is 0 Å². The Kier molecular flexibility index (Phi) is 9.25. The van der Waals surface area contributed by atoms with Crippen LogP contribution in [0.3, 0.4) is 0 Å². The van der Waals surface area contributed by atoms with Gasteiger partial charge >= 0.3 is 0 Å². The number of thiazole rings is 1. The molecule has 1 unspecified atom stereocenters. The summed E-state index contributed by atoms with van der Waals surface area (Å²) in [6.07, 6.45) is 4.60. The number of nitrogens with one attached hydrogen (secondary N) is 2. The van der Waals surface area contributed by atoms with Gasteiger partial charge in [0.15, 0.2) is 11.1 Å². The number of guanidine groups is 1. The summed E-state index contributed by atoms with van der Waals surface area (Å²) in [6, 6.07) is 9.25. The van der Waals surface area contributed by atoms with Gasteiger partial charge in [0.2, 0.25) is 0 Å². The lowest BCUT2D eigenvalue weighted by Crippen LogP contribution is -2.44. The third-order valence-corrected chi connectivity index (χ3v) is 6.78. The minimum absolute atomic E-state index is 0. The van der Waals surface area contributed by atoms with Crippen molar-refractivity contribution in [1.29, 1.82) is 0 Å². The molecule has 2 aromatic rings. The number of halogens is 1. The molecule has 2 saturated heterocycles. The van der Waals surface area contributed by atoms with Gasteiger partial charge in [-0.2, -0.15) is 0 Å². The first-order chi connectivity index (χ1) is 14.7. The molecule has 0 bridgehead atoms. The Morgan fingerprint density at radius 3 is 2.68 bits per heavy atom. The lowest BCUT2D eigenvalue weighted by Gasteiger charge is -2.20. The van der Waals surface area contributed by atoms with Gasteiger partial charge in [-0.1, -0.05) is 17.7 Å². The molecule has 0 saturated carbocycles. The highest BCUT2D eigenvalue weighted by molar-refractivity contribution is 14.0. The van der Waals surface area contributed by atoms with Gasteiger partial charge in [-0.3, -0.25) is 4.99 Å². The first-order valence-electron chi connectivity index (χ1n) is 11.3. The fourth-order valence-corrected chi connectivity index (χ4v) is 5.04. The van der Waals surface area contributed by atoms with Crippen molar-refractivity contribution < 1.29 is 0 Å². The van der Waals surface area contributed by atoms with Gasteiger partial charge in [0.05, 0.1) is 5.69 Å². The molecule has 6 nitrogen and oxygen atoms in total. The molecule has 8 heteroatoms. The molecule has 4 rings (SSSR count). The van der Waals surface area contributed by atoms with Crippen LogP contribution in [0.2, 0.25) is 0 Å². The quantitative estimate of drug-likeness (QED) is 0.308. The van der Waals surface area contributed by atoms with Crippen molar-refractivity contribution in [2.75, 3.05) is 49.1 Å². The zero-order valence-corrected chi connectivity index (χ0v) is 21.8. The second kappa shape index (κ2) is 11.9. The van der Waals surface area contributed by atoms with Crippen molar-refractivity contribution in [3.05, 3.63) is 40.9 Å². The second-order valence-electron chi connectivity index (χ2n) is 8.24. The van der Waals surface area contributed by atoms with Crippen molar-refractivity contribution in [2.24, 2.45) is 4.99 Å². The monoisotopic (exact) mass is 554 g/mol. The standard InChI is InChI=1S/C23H34N6S.HI/c1-3-24-22(25-12-10-20-17-30-23(27-20)28-13-4-5-14-28)26-19-11-15-29(16-19)21-8-6-18(2)7-9-21;/h6-9,17,19H,3-5,10-16H2,1-2H3,(H2,24,25,26);1H. The number of nitrogens with zero attached hydrogens (tertiary/aromatic N) is 4. The molecule has 2 aliphatic rings. The predicted octanol–water partition coefficient (Wildman–Crippen LogP) is 4.05. The Labute approximate surface area is 207 Å². The summed E-state index contributed by atoms with van der Waals surface area (Å²) < 4.78 is 0. The van der Waals surface area contributed by atoms with Crippen molar-refractivity contribution in [2.45, 2.75) is 45.6 Å². The van der Waals surface area contributed by atoms with Crippen molar-refractivity contribution in [1.82, 2.24) is 15.6 Å². The summed E-state index contributed by atoms with van der Waals surface area (Å²) in [6.45, 7) is 10.3. The van der Waals surface area contributed by atoms with Crippen molar-refractivity contribution >= 4 is 52.1 Å². The highest BCUT2D eigenvalue weighted by Crippen LogP contribution is 2.24. The number of benzene rings is 1. The van der Waals surface area contributed by atoms with Crippen LogP contribution in [0.1, 0.15) is 37.4 Å². The lowest BCUT2D eigenvalue weighted by atomic mass is 10.2. The Morgan fingerprint density at radius 2 is 1.94 bits per heavy atom. The molecule has 2 fully saturated rings. The number of aryl methyl sites for hydroxylation is 1. The molecule has 170 valence electrons. The van der Waals surface area contributed by atoms with Gasteiger partial charge in [0.1, 0.15) is 0 Å². The summed E-state index contributed by atoms with van der Waals surface area (Å²) in [5, 5.41) is 10.4. The number of aromatic nitrogens is 1. The van der Waals surface area contributed by atoms with E-state index in [9.17, 15) is 0 Å². The first kappa shape index (κ1) is 24.1. The van der Waals surface area contributed by atoms with Crippen LogP contribution in [0.15, 0.2) is 34.6 Å². The van der Waals surface area contributed by atoms with Crippen LogP contribution in [0.25, 0.3) is 0 Å². The van der Waals surface area contributed by atoms with E-state index in [2.05, 4.69) is 63.9 Å². The fourth-order valence-electron chi connectivity index (χ4n) is 4.13. The zero-order chi connectivity index (χ0) is 20.8. The molecule has 0 spiro atoms. The molecule has 1 aromatic heterocycles. The lowest BCUT2D eigenvalue weighted by molar-refractivity contribution is 0.649. The van der Waals surface area contributed by atoms with Crippen LogP contribution in [-0.4, -0.2) is 56.3 Å². The molecular weight excluding hydrogens is 519 g/mol. The van der Waals surface area contributed by atoms with E-state index < -0.39 is 0 Å². The van der Waals surface area contributed by atoms with Crippen molar-refractivity contribution in [3.63, 3.8) is 0 Å². The maximum Gasteiger partial charge on any atom is 0.191 e. The fraction of sp³-hybridized carbons (Fsp3) is 0.565. The molecule has 0 aliphatic carbocycles. The summed E-state index contributed by atoms with van der Waals surface area (Å²) in [5.74, 6) is 0.920. The number of hydrogen-bond acceptors (Lipinski definition) is 5. The summed E-state index contributed by atoms with van der Waals surface area (Å²) >= 11 is 1.77. The van der Waals surface area contributed by atoms with Crippen LogP contribution >= 0.6 is 35.3 Å². The van der Waals surface area contributed by atoms with E-state index in [1.54, 1.807) is 11.3 Å². The van der Waals surface area contributed by atoms with Gasteiger partial charge in [-0.25, -0.2) is 4.98 Å². The van der Waals surface area contributed by atoms with Gasteiger partial charge in [0.25, 0.3) is 0 Å². The van der Waals surface area contributed by atoms with E-state index in [4.69, 9.17) is 9.98 Å². The number of hydrogen-bond donors (Lipinski definition) is 2. The highest BCUT2D eigenvalue weighted by atomic mass is 127. The number of aliphatic imine (C=N–C) groups is 1. The molecule has 0 amide bonds. The molecule has 1 atom stereocenters. The third-order valence-electron chi connectivity index (χ3n) is 5.83. The normalized spacial score (nSPS) is 18.9. The minimum Gasteiger partial charge on any atom is -0.369 e. The molecular formula is C23H35IN6S. The van der Waals surface area contributed by atoms with Gasteiger partial charge in [-0.15, -0.1) is 35.3 Å². The summed E-state index contributed by atoms with van der Waals surface area (Å²) in [4.78, 5) is 14.5. The van der Waals surface area contributed by atoms with Crippen LogP contribution < -0.4 is 20.4 Å². The second-order valence-corrected chi connectivity index (χ2v) is 9.07. The molecule has 2 aliphatic heterocycles. The van der Waals surface area contributed by atoms with Crippen LogP contribution in [-0.2, 0) is 6.42 Å². The Bertz CT molecular complexity index is 831. The predicted molar refractivity (Wildman–Crippen MR) is 144 cm³/mol. The molecule has 1 aromatic carbocycles. The SMILES string of the molecule is CCNC(=NCCc1csc(N2CCCC2)n1)NC1CCN(c2ccc(C)cc2)C1.I. The topological polar surface area (TPSA) is 55.8 Å². The number of rotatable bonds is 7. The van der Waals surface area contributed by atoms with E-state index in [1.165, 1.54) is 29.2 Å². The minimum atomic E-state index is 0. The van der Waals surface area contributed by atoms with E-state index >= 15 is 0 Å². The first-order valence-corrected chi connectivity index (χ1v) is 12.1. The summed E-state index contributed by atoms with van der Waals surface area (Å²) in [5.41, 5.74) is 3.78. The average molecular weight is 555 g/mol. The largest absolute Gasteiger partial charge is 0.369 e. The third kappa shape index (κ3) is 6.71. The zero-order valence-electron chi connectivity index (χ0n) is 18.6. The van der Waals surface area contributed by atoms with E-state index in [0.717, 1.165) is 63.8 Å². The summed E-state index contributed by atoms with van der Waals surface area (Å²) in [7, 11) is 0. The number of anilines is 2. The Hall–Kier alpha value is -1.55. The molecule has 0 radical (unpaired) electrons. The van der Waals surface area contributed by atoms with E-state index in [-0.39, 0.29) is 24.0 Å². The smallest absolute Gasteiger partial charge is 0.191 e. The maximum atomic E-state index is 4.82. The maximum absolute atomic E-state index is 4.82. The molecule has 2 N–H and O–H groups in total.